The Labute approximate surface area is 125 Å². The van der Waals surface area contributed by atoms with E-state index < -0.39 is 16.1 Å². The topological polar surface area (TPSA) is 92.5 Å². The number of rotatable bonds is 3. The number of amides is 1. The summed E-state index contributed by atoms with van der Waals surface area (Å²) in [6.07, 6.45) is 0.436. The predicted octanol–water partition coefficient (Wildman–Crippen LogP) is 0.785. The van der Waals surface area contributed by atoms with Crippen LogP contribution in [0.1, 0.15) is 24.5 Å². The highest BCUT2D eigenvalue weighted by Gasteiger charge is 2.38. The molecule has 3 N–H and O–H groups in total. The first-order valence-electron chi connectivity index (χ1n) is 6.95. The second kappa shape index (κ2) is 5.65. The number of sulfonamides is 1. The van der Waals surface area contributed by atoms with Crippen LogP contribution in [0.25, 0.3) is 0 Å². The molecule has 116 valence electrons. The van der Waals surface area contributed by atoms with Crippen molar-refractivity contribution in [1.82, 2.24) is 9.62 Å². The fourth-order valence-corrected chi connectivity index (χ4v) is 4.62. The Morgan fingerprint density at radius 2 is 2.05 bits per heavy atom. The normalized spacial score (nSPS) is 20.3. The van der Waals surface area contributed by atoms with Gasteiger partial charge < -0.3 is 11.1 Å². The number of nitrogens with two attached hydrogens (primary N) is 1. The van der Waals surface area contributed by atoms with Gasteiger partial charge in [-0.2, -0.15) is 4.31 Å². The van der Waals surface area contributed by atoms with Crippen molar-refractivity contribution in [3.8, 4) is 0 Å². The number of carbonyl (C=O) groups excluding carboxylic acids is 1. The molecule has 0 aromatic heterocycles. The molecule has 1 heterocycles. The van der Waals surface area contributed by atoms with Crippen molar-refractivity contribution in [1.29, 1.82) is 0 Å². The van der Waals surface area contributed by atoms with Crippen molar-refractivity contribution in [3.05, 3.63) is 23.3 Å². The summed E-state index contributed by atoms with van der Waals surface area (Å²) in [4.78, 5) is 12.1. The number of hydrogen-bond donors (Lipinski definition) is 2. The summed E-state index contributed by atoms with van der Waals surface area (Å²) in [5.41, 5.74) is 7.69. The standard InChI is InChI=1S/C14H21N3O3S/c1-4-12-14(18)16-5-6-17(12)21(19,20)13-8-11(15)7-9(2)10(13)3/h7-8,12H,4-6,15H2,1-3H3,(H,16,18). The first-order chi connectivity index (χ1) is 9.78. The summed E-state index contributed by atoms with van der Waals surface area (Å²) < 4.78 is 27.1. The highest BCUT2D eigenvalue weighted by Crippen LogP contribution is 2.27. The largest absolute Gasteiger partial charge is 0.399 e. The minimum Gasteiger partial charge on any atom is -0.399 e. The molecule has 1 amide bonds. The Balaban J connectivity index is 2.54. The number of benzene rings is 1. The Bertz CT molecular complexity index is 670. The number of aryl methyl sites for hydroxylation is 1. The van der Waals surface area contributed by atoms with Gasteiger partial charge in [-0.1, -0.05) is 6.92 Å². The van der Waals surface area contributed by atoms with E-state index >= 15 is 0 Å². The van der Waals surface area contributed by atoms with Crippen molar-refractivity contribution in [3.63, 3.8) is 0 Å². The number of nitrogens with zero attached hydrogens (tertiary/aromatic N) is 1. The average Bonchev–Trinajstić information content (AvgIpc) is 2.42. The van der Waals surface area contributed by atoms with Crippen LogP contribution in [0.3, 0.4) is 0 Å². The summed E-state index contributed by atoms with van der Waals surface area (Å²) in [6, 6.07) is 2.55. The lowest BCUT2D eigenvalue weighted by atomic mass is 10.1. The van der Waals surface area contributed by atoms with E-state index in [1.165, 1.54) is 10.4 Å². The number of carbonyl (C=O) groups is 1. The lowest BCUT2D eigenvalue weighted by Gasteiger charge is -2.34. The smallest absolute Gasteiger partial charge is 0.244 e. The van der Waals surface area contributed by atoms with Crippen molar-refractivity contribution < 1.29 is 13.2 Å². The second-order valence-corrected chi connectivity index (χ2v) is 7.15. The summed E-state index contributed by atoms with van der Waals surface area (Å²) in [5, 5.41) is 2.70. The van der Waals surface area contributed by atoms with Crippen LogP contribution in [0.15, 0.2) is 17.0 Å². The van der Waals surface area contributed by atoms with Gasteiger partial charge in [-0.15, -0.1) is 0 Å². The van der Waals surface area contributed by atoms with Crippen LogP contribution < -0.4 is 11.1 Å². The monoisotopic (exact) mass is 311 g/mol. The third-order valence-corrected chi connectivity index (χ3v) is 5.93. The van der Waals surface area contributed by atoms with E-state index in [1.54, 1.807) is 19.9 Å². The number of hydrogen-bond acceptors (Lipinski definition) is 4. The van der Waals surface area contributed by atoms with Crippen LogP contribution in [-0.4, -0.2) is 37.8 Å². The Morgan fingerprint density at radius 3 is 2.67 bits per heavy atom. The van der Waals surface area contributed by atoms with Gasteiger partial charge in [-0.05, 0) is 43.5 Å². The molecule has 1 aromatic rings. The summed E-state index contributed by atoms with van der Waals surface area (Å²) in [6.45, 7) is 5.99. The fourth-order valence-electron chi connectivity index (χ4n) is 2.62. The van der Waals surface area contributed by atoms with Crippen molar-refractivity contribution in [2.75, 3.05) is 18.8 Å². The maximum atomic E-state index is 12.9. The van der Waals surface area contributed by atoms with Crippen LogP contribution in [0.5, 0.6) is 0 Å². The molecular formula is C14H21N3O3S. The first kappa shape index (κ1) is 15.8. The second-order valence-electron chi connectivity index (χ2n) is 5.29. The lowest BCUT2D eigenvalue weighted by Crippen LogP contribution is -2.56. The lowest BCUT2D eigenvalue weighted by molar-refractivity contribution is -0.126. The minimum absolute atomic E-state index is 0.188. The predicted molar refractivity (Wildman–Crippen MR) is 81.3 cm³/mol. The van der Waals surface area contributed by atoms with E-state index in [0.29, 0.717) is 24.2 Å². The van der Waals surface area contributed by atoms with Gasteiger partial charge in [0.15, 0.2) is 0 Å². The van der Waals surface area contributed by atoms with E-state index in [-0.39, 0.29) is 17.3 Å². The van der Waals surface area contributed by atoms with E-state index in [1.807, 2.05) is 6.92 Å². The van der Waals surface area contributed by atoms with Gasteiger partial charge in [0.05, 0.1) is 4.90 Å². The van der Waals surface area contributed by atoms with E-state index in [9.17, 15) is 13.2 Å². The maximum Gasteiger partial charge on any atom is 0.244 e. The van der Waals surface area contributed by atoms with Crippen LogP contribution in [-0.2, 0) is 14.8 Å². The Hall–Kier alpha value is -1.60. The van der Waals surface area contributed by atoms with E-state index in [4.69, 9.17) is 5.73 Å². The van der Waals surface area contributed by atoms with Gasteiger partial charge in [0.25, 0.3) is 0 Å². The molecule has 1 atom stereocenters. The molecular weight excluding hydrogens is 290 g/mol. The average molecular weight is 311 g/mol. The van der Waals surface area contributed by atoms with Crippen LogP contribution in [0.2, 0.25) is 0 Å². The van der Waals surface area contributed by atoms with Crippen molar-refractivity contribution >= 4 is 21.6 Å². The third-order valence-electron chi connectivity index (χ3n) is 3.90. The quantitative estimate of drug-likeness (QED) is 0.807. The molecule has 1 aliphatic rings. The van der Waals surface area contributed by atoms with E-state index in [0.717, 1.165) is 5.56 Å². The molecule has 1 fully saturated rings. The molecule has 1 aliphatic heterocycles. The highest BCUT2D eigenvalue weighted by atomic mass is 32.2. The molecule has 2 rings (SSSR count). The SMILES string of the molecule is CCC1C(=O)NCCN1S(=O)(=O)c1cc(N)cc(C)c1C. The molecule has 7 heteroatoms. The van der Waals surface area contributed by atoms with Gasteiger partial charge in [-0.3, -0.25) is 4.79 Å². The molecule has 0 bridgehead atoms. The van der Waals surface area contributed by atoms with Gasteiger partial charge in [-0.25, -0.2) is 8.42 Å². The molecule has 0 aliphatic carbocycles. The first-order valence-corrected chi connectivity index (χ1v) is 8.39. The van der Waals surface area contributed by atoms with Crippen molar-refractivity contribution in [2.24, 2.45) is 0 Å². The van der Waals surface area contributed by atoms with Gasteiger partial charge in [0.2, 0.25) is 15.9 Å². The molecule has 1 unspecified atom stereocenters. The number of anilines is 1. The molecule has 21 heavy (non-hydrogen) atoms. The van der Waals surface area contributed by atoms with Crippen LogP contribution >= 0.6 is 0 Å². The summed E-state index contributed by atoms with van der Waals surface area (Å²) in [7, 11) is -3.74. The molecule has 6 nitrogen and oxygen atoms in total. The zero-order valence-electron chi connectivity index (χ0n) is 12.5. The Morgan fingerprint density at radius 1 is 1.38 bits per heavy atom. The molecule has 0 saturated carbocycles. The molecule has 1 aromatic carbocycles. The number of piperazine rings is 1. The summed E-state index contributed by atoms with van der Waals surface area (Å²) in [5.74, 6) is -0.245. The van der Waals surface area contributed by atoms with Crippen LogP contribution in [0.4, 0.5) is 5.69 Å². The van der Waals surface area contributed by atoms with Crippen LogP contribution in [0, 0.1) is 13.8 Å². The van der Waals surface area contributed by atoms with Gasteiger partial charge >= 0.3 is 0 Å². The van der Waals surface area contributed by atoms with Crippen molar-refractivity contribution in [2.45, 2.75) is 38.1 Å². The molecule has 0 spiro atoms. The minimum atomic E-state index is -3.74. The molecule has 0 radical (unpaired) electrons. The maximum absolute atomic E-state index is 12.9. The van der Waals surface area contributed by atoms with E-state index in [2.05, 4.69) is 5.32 Å². The molecule has 1 saturated heterocycles. The Kier molecular flexibility index (Phi) is 4.25. The number of nitrogens with one attached hydrogen (secondary N) is 1. The van der Waals surface area contributed by atoms with Gasteiger partial charge in [0.1, 0.15) is 6.04 Å². The van der Waals surface area contributed by atoms with Gasteiger partial charge in [0, 0.05) is 18.8 Å². The number of nitrogen functional groups attached to an aromatic ring is 1. The fraction of sp³-hybridized carbons (Fsp3) is 0.500. The third kappa shape index (κ3) is 2.75. The zero-order valence-corrected chi connectivity index (χ0v) is 13.3. The summed E-state index contributed by atoms with van der Waals surface area (Å²) >= 11 is 0. The highest BCUT2D eigenvalue weighted by molar-refractivity contribution is 7.89. The zero-order chi connectivity index (χ0) is 15.8.